The first-order valence-electron chi connectivity index (χ1n) is 9.70. The average Bonchev–Trinajstić information content (AvgIpc) is 3.29. The number of thiophene rings is 1. The van der Waals surface area contributed by atoms with Gasteiger partial charge in [0.1, 0.15) is 15.4 Å². The van der Waals surface area contributed by atoms with Gasteiger partial charge in [-0.15, -0.1) is 11.3 Å². The minimum Gasteiger partial charge on any atom is -0.465 e. The first-order chi connectivity index (χ1) is 14.4. The molecule has 2 aromatic heterocycles. The fraction of sp³-hybridized carbons (Fsp3) is 0.318. The van der Waals surface area contributed by atoms with E-state index in [1.54, 1.807) is 14.0 Å². The van der Waals surface area contributed by atoms with E-state index in [0.717, 1.165) is 35.3 Å². The van der Waals surface area contributed by atoms with Crippen LogP contribution in [0.15, 0.2) is 28.4 Å². The van der Waals surface area contributed by atoms with Gasteiger partial charge in [0.25, 0.3) is 5.91 Å². The van der Waals surface area contributed by atoms with Crippen LogP contribution in [0.4, 0.5) is 5.00 Å². The summed E-state index contributed by atoms with van der Waals surface area (Å²) in [5.74, 6) is -0.906. The Bertz CT molecular complexity index is 1200. The third-order valence-electron chi connectivity index (χ3n) is 5.57. The fourth-order valence-electron chi connectivity index (χ4n) is 3.76. The number of anilines is 1. The van der Waals surface area contributed by atoms with Gasteiger partial charge in [0.15, 0.2) is 0 Å². The highest BCUT2D eigenvalue weighted by Gasteiger charge is 2.25. The van der Waals surface area contributed by atoms with Crippen molar-refractivity contribution in [2.75, 3.05) is 12.4 Å². The number of fused-ring (bicyclic) bond motifs is 1. The lowest BCUT2D eigenvalue weighted by atomic mass is 9.89. The molecule has 3 aromatic rings. The van der Waals surface area contributed by atoms with E-state index in [1.807, 2.05) is 11.4 Å². The van der Waals surface area contributed by atoms with Gasteiger partial charge < -0.3 is 14.6 Å². The second-order valence-electron chi connectivity index (χ2n) is 7.33. The zero-order valence-electron chi connectivity index (χ0n) is 17.0. The van der Waals surface area contributed by atoms with E-state index in [-0.39, 0.29) is 4.87 Å². The van der Waals surface area contributed by atoms with Crippen molar-refractivity contribution in [3.63, 3.8) is 0 Å². The highest BCUT2D eigenvalue weighted by Crippen LogP contribution is 2.38. The largest absolute Gasteiger partial charge is 0.465 e. The molecule has 0 fully saturated rings. The topological polar surface area (TPSA) is 77.4 Å². The quantitative estimate of drug-likeness (QED) is 0.608. The summed E-state index contributed by atoms with van der Waals surface area (Å²) in [5.41, 5.74) is 5.29. The molecule has 6 nitrogen and oxygen atoms in total. The van der Waals surface area contributed by atoms with Gasteiger partial charge in [-0.05, 0) is 49.3 Å². The number of hydrogen-bond donors (Lipinski definition) is 1. The highest BCUT2D eigenvalue weighted by molar-refractivity contribution is 7.15. The molecule has 8 heteroatoms. The van der Waals surface area contributed by atoms with Crippen LogP contribution in [0.2, 0.25) is 0 Å². The molecule has 1 N–H and O–H groups in total. The van der Waals surface area contributed by atoms with Crippen LogP contribution < -0.4 is 10.2 Å². The Morgan fingerprint density at radius 2 is 1.90 bits per heavy atom. The van der Waals surface area contributed by atoms with Gasteiger partial charge in [-0.3, -0.25) is 9.59 Å². The van der Waals surface area contributed by atoms with Crippen LogP contribution in [0.5, 0.6) is 0 Å². The van der Waals surface area contributed by atoms with Crippen LogP contribution in [-0.4, -0.2) is 23.6 Å². The number of benzene rings is 1. The minimum absolute atomic E-state index is 0.202. The van der Waals surface area contributed by atoms with Crippen molar-refractivity contribution in [1.82, 2.24) is 4.57 Å². The molecule has 2 heterocycles. The smallest absolute Gasteiger partial charge is 0.341 e. The Hall–Kier alpha value is -2.71. The normalized spacial score (nSPS) is 13.0. The molecule has 30 heavy (non-hydrogen) atoms. The standard InChI is InChI=1S/C22H22N2O4S2/c1-12-18(30-22(27)24(12)2)19(25)23-20-17(21(26)28-3)16(11-29-20)15-9-8-13-6-4-5-7-14(13)10-15/h8-11H,4-7H2,1-3H3,(H,23,25). The third-order valence-corrected chi connectivity index (χ3v) is 7.60. The number of esters is 1. The lowest BCUT2D eigenvalue weighted by molar-refractivity contribution is 0.0603. The first-order valence-corrected chi connectivity index (χ1v) is 11.4. The summed E-state index contributed by atoms with van der Waals surface area (Å²) in [7, 11) is 2.96. The van der Waals surface area contributed by atoms with Crippen LogP contribution in [0.25, 0.3) is 11.1 Å². The number of ether oxygens (including phenoxy) is 1. The van der Waals surface area contributed by atoms with Crippen molar-refractivity contribution >= 4 is 39.6 Å². The van der Waals surface area contributed by atoms with Gasteiger partial charge in [0, 0.05) is 23.7 Å². The summed E-state index contributed by atoms with van der Waals surface area (Å²) in [5, 5.41) is 5.10. The number of amides is 1. The van der Waals surface area contributed by atoms with Crippen molar-refractivity contribution in [2.24, 2.45) is 7.05 Å². The number of carbonyl (C=O) groups excluding carboxylic acids is 2. The summed E-state index contributed by atoms with van der Waals surface area (Å²) < 4.78 is 6.45. The maximum atomic E-state index is 12.8. The monoisotopic (exact) mass is 442 g/mol. The molecule has 1 aliphatic rings. The van der Waals surface area contributed by atoms with Crippen molar-refractivity contribution in [3.8, 4) is 11.1 Å². The molecular formula is C22H22N2O4S2. The summed E-state index contributed by atoms with van der Waals surface area (Å²) in [4.78, 5) is 37.4. The number of aromatic nitrogens is 1. The van der Waals surface area contributed by atoms with Crippen molar-refractivity contribution < 1.29 is 14.3 Å². The van der Waals surface area contributed by atoms with Crippen LogP contribution in [0.3, 0.4) is 0 Å². The van der Waals surface area contributed by atoms with E-state index in [0.29, 0.717) is 21.1 Å². The number of rotatable bonds is 4. The molecule has 1 aromatic carbocycles. The predicted octanol–water partition coefficient (Wildman–Crippen LogP) is 4.40. The number of hydrogen-bond acceptors (Lipinski definition) is 6. The Morgan fingerprint density at radius 1 is 1.17 bits per heavy atom. The Kier molecular flexibility index (Phi) is 5.62. The zero-order valence-corrected chi connectivity index (χ0v) is 18.7. The van der Waals surface area contributed by atoms with Gasteiger partial charge in [-0.2, -0.15) is 0 Å². The SMILES string of the molecule is COC(=O)c1c(-c2ccc3c(c2)CCCC3)csc1NC(=O)c1sc(=O)n(C)c1C. The molecule has 4 rings (SSSR count). The predicted molar refractivity (Wildman–Crippen MR) is 120 cm³/mol. The van der Waals surface area contributed by atoms with Crippen molar-refractivity contribution in [1.29, 1.82) is 0 Å². The Balaban J connectivity index is 1.72. The maximum Gasteiger partial charge on any atom is 0.341 e. The lowest BCUT2D eigenvalue weighted by Gasteiger charge is -2.16. The number of carbonyl (C=O) groups is 2. The van der Waals surface area contributed by atoms with E-state index < -0.39 is 11.9 Å². The molecule has 0 aliphatic heterocycles. The molecule has 0 saturated heterocycles. The van der Waals surface area contributed by atoms with E-state index in [2.05, 4.69) is 17.4 Å². The molecule has 0 spiro atoms. The number of aryl methyl sites for hydroxylation is 2. The van der Waals surface area contributed by atoms with E-state index in [9.17, 15) is 14.4 Å². The van der Waals surface area contributed by atoms with Gasteiger partial charge in [-0.1, -0.05) is 29.5 Å². The average molecular weight is 443 g/mol. The van der Waals surface area contributed by atoms with Crippen LogP contribution in [0.1, 0.15) is 49.7 Å². The maximum absolute atomic E-state index is 12.8. The van der Waals surface area contributed by atoms with Crippen LogP contribution in [-0.2, 0) is 24.6 Å². The third kappa shape index (κ3) is 3.61. The Labute approximate surface area is 182 Å². The molecule has 1 aliphatic carbocycles. The zero-order chi connectivity index (χ0) is 21.4. The molecule has 0 saturated carbocycles. The van der Waals surface area contributed by atoms with E-state index >= 15 is 0 Å². The van der Waals surface area contributed by atoms with Gasteiger partial charge in [0.05, 0.1) is 7.11 Å². The van der Waals surface area contributed by atoms with Crippen LogP contribution in [0, 0.1) is 6.92 Å². The molecule has 0 unspecified atom stereocenters. The fourth-order valence-corrected chi connectivity index (χ4v) is 5.59. The molecule has 156 valence electrons. The summed E-state index contributed by atoms with van der Waals surface area (Å²) in [6, 6.07) is 6.30. The molecule has 0 bridgehead atoms. The molecule has 0 radical (unpaired) electrons. The molecular weight excluding hydrogens is 420 g/mol. The highest BCUT2D eigenvalue weighted by atomic mass is 32.1. The summed E-state index contributed by atoms with van der Waals surface area (Å²) in [6.07, 6.45) is 4.50. The molecule has 0 atom stereocenters. The van der Waals surface area contributed by atoms with Crippen molar-refractivity contribution in [3.05, 3.63) is 60.5 Å². The molecule has 1 amide bonds. The number of methoxy groups -OCH3 is 1. The van der Waals surface area contributed by atoms with E-state index in [1.165, 1.54) is 47.0 Å². The second-order valence-corrected chi connectivity index (χ2v) is 9.17. The minimum atomic E-state index is -0.503. The summed E-state index contributed by atoms with van der Waals surface area (Å²) in [6.45, 7) is 1.72. The number of thiazole rings is 1. The Morgan fingerprint density at radius 3 is 2.57 bits per heavy atom. The van der Waals surface area contributed by atoms with Gasteiger partial charge >= 0.3 is 10.8 Å². The lowest BCUT2D eigenvalue weighted by Crippen LogP contribution is -2.14. The van der Waals surface area contributed by atoms with E-state index in [4.69, 9.17) is 4.74 Å². The van der Waals surface area contributed by atoms with Crippen molar-refractivity contribution in [2.45, 2.75) is 32.6 Å². The summed E-state index contributed by atoms with van der Waals surface area (Å²) >= 11 is 2.17. The van der Waals surface area contributed by atoms with Gasteiger partial charge in [-0.25, -0.2) is 4.79 Å². The second kappa shape index (κ2) is 8.20. The number of nitrogens with one attached hydrogen (secondary N) is 1. The van der Waals surface area contributed by atoms with Crippen LogP contribution >= 0.6 is 22.7 Å². The van der Waals surface area contributed by atoms with Gasteiger partial charge in [0.2, 0.25) is 0 Å². The first kappa shape index (κ1) is 20.6. The number of nitrogens with zero attached hydrogens (tertiary/aromatic N) is 1.